The van der Waals surface area contributed by atoms with E-state index in [4.69, 9.17) is 0 Å². The van der Waals surface area contributed by atoms with E-state index in [0.717, 1.165) is 11.4 Å². The van der Waals surface area contributed by atoms with Crippen LogP contribution < -0.4 is 0 Å². The van der Waals surface area contributed by atoms with E-state index in [1.165, 1.54) is 97.2 Å². The van der Waals surface area contributed by atoms with Crippen LogP contribution in [-0.4, -0.2) is 9.13 Å². The van der Waals surface area contributed by atoms with Crippen molar-refractivity contribution in [2.75, 3.05) is 0 Å². The molecule has 0 radical (unpaired) electrons. The lowest BCUT2D eigenvalue weighted by atomic mass is 9.95. The largest absolute Gasteiger partial charge is 0.309 e. The second kappa shape index (κ2) is 12.7. The number of benzene rings is 9. The van der Waals surface area contributed by atoms with Crippen LogP contribution in [0.5, 0.6) is 0 Å². The summed E-state index contributed by atoms with van der Waals surface area (Å²) in [7, 11) is 0. The third-order valence-corrected chi connectivity index (χ3v) is 12.9. The Morgan fingerprint density at radius 3 is 1.67 bits per heavy atom. The molecule has 9 aromatic carbocycles. The quantitative estimate of drug-likeness (QED) is 0.166. The first kappa shape index (κ1) is 32.1. The van der Waals surface area contributed by atoms with Crippen molar-refractivity contribution in [3.8, 4) is 44.8 Å². The van der Waals surface area contributed by atoms with Crippen LogP contribution in [0.1, 0.15) is 0 Å². The minimum atomic E-state index is 1.16. The Balaban J connectivity index is 1.13. The standard InChI is InChI=1S/C54H34N2S/c1-3-14-35(15-4-1)37-26-29-40(30-27-37)56-49-24-11-8-22-44(49)52-45(34-47-43-21-9-12-25-51(43)57-54(47)53(52)56)39-28-31-50-46(33-39)42-20-7-10-23-48(42)55(50)41-19-13-18-38(32-41)36-16-5-2-6-17-36/h1-34H. The van der Waals surface area contributed by atoms with Crippen LogP contribution in [0, 0.1) is 0 Å². The van der Waals surface area contributed by atoms with Crippen molar-refractivity contribution in [2.24, 2.45) is 0 Å². The first-order chi connectivity index (χ1) is 28.3. The van der Waals surface area contributed by atoms with Crippen molar-refractivity contribution in [2.45, 2.75) is 0 Å². The van der Waals surface area contributed by atoms with Crippen molar-refractivity contribution >= 4 is 75.1 Å². The smallest absolute Gasteiger partial charge is 0.0726 e. The number of fused-ring (bicyclic) bond motifs is 10. The molecule has 0 saturated heterocycles. The molecular weight excluding hydrogens is 709 g/mol. The molecule has 3 heteroatoms. The van der Waals surface area contributed by atoms with Gasteiger partial charge in [0, 0.05) is 48.4 Å². The van der Waals surface area contributed by atoms with Crippen LogP contribution in [-0.2, 0) is 0 Å². The molecular formula is C54H34N2S. The van der Waals surface area contributed by atoms with Gasteiger partial charge in [-0.2, -0.15) is 0 Å². The van der Waals surface area contributed by atoms with Gasteiger partial charge in [0.15, 0.2) is 0 Å². The third-order valence-electron chi connectivity index (χ3n) is 11.7. The summed E-state index contributed by atoms with van der Waals surface area (Å²) in [6.07, 6.45) is 0. The predicted octanol–water partition coefficient (Wildman–Crippen LogP) is 15.2. The Hall–Kier alpha value is -7.20. The van der Waals surface area contributed by atoms with Gasteiger partial charge in [-0.15, -0.1) is 11.3 Å². The molecule has 2 nitrogen and oxygen atoms in total. The van der Waals surface area contributed by atoms with Crippen molar-refractivity contribution < 1.29 is 0 Å². The first-order valence-corrected chi connectivity index (χ1v) is 20.3. The molecule has 0 atom stereocenters. The minimum Gasteiger partial charge on any atom is -0.309 e. The zero-order valence-electron chi connectivity index (χ0n) is 30.9. The maximum absolute atomic E-state index is 2.50. The van der Waals surface area contributed by atoms with Crippen LogP contribution in [0.25, 0.3) is 109 Å². The molecule has 266 valence electrons. The zero-order chi connectivity index (χ0) is 37.5. The molecule has 3 heterocycles. The summed E-state index contributed by atoms with van der Waals surface area (Å²) in [5.74, 6) is 0. The molecule has 0 bridgehead atoms. The fraction of sp³-hybridized carbons (Fsp3) is 0. The van der Waals surface area contributed by atoms with Crippen LogP contribution in [0.15, 0.2) is 206 Å². The Morgan fingerprint density at radius 1 is 0.316 bits per heavy atom. The maximum Gasteiger partial charge on any atom is 0.0726 e. The topological polar surface area (TPSA) is 9.86 Å². The fourth-order valence-corrected chi connectivity index (χ4v) is 10.4. The molecule has 0 N–H and O–H groups in total. The molecule has 0 saturated carbocycles. The number of hydrogen-bond donors (Lipinski definition) is 0. The van der Waals surface area contributed by atoms with Crippen LogP contribution in [0.2, 0.25) is 0 Å². The average molecular weight is 743 g/mol. The number of nitrogens with zero attached hydrogens (tertiary/aromatic N) is 2. The molecule has 0 aliphatic rings. The molecule has 0 spiro atoms. The molecule has 0 aliphatic heterocycles. The second-order valence-electron chi connectivity index (χ2n) is 14.9. The zero-order valence-corrected chi connectivity index (χ0v) is 31.7. The average Bonchev–Trinajstić information content (AvgIpc) is 3.95. The monoisotopic (exact) mass is 742 g/mol. The van der Waals surface area contributed by atoms with Gasteiger partial charge in [-0.1, -0.05) is 146 Å². The Morgan fingerprint density at radius 2 is 0.895 bits per heavy atom. The Kier molecular flexibility index (Phi) is 7.13. The molecule has 57 heavy (non-hydrogen) atoms. The summed E-state index contributed by atoms with van der Waals surface area (Å²) in [6, 6.07) is 75.6. The summed E-state index contributed by atoms with van der Waals surface area (Å²) < 4.78 is 7.55. The minimum absolute atomic E-state index is 1.16. The molecule has 0 fully saturated rings. The highest BCUT2D eigenvalue weighted by molar-refractivity contribution is 7.26. The molecule has 3 aromatic heterocycles. The number of thiophene rings is 1. The number of aromatic nitrogens is 2. The number of hydrogen-bond acceptors (Lipinski definition) is 1. The van der Waals surface area contributed by atoms with E-state index >= 15 is 0 Å². The third kappa shape index (κ3) is 4.96. The number of rotatable bonds is 5. The lowest BCUT2D eigenvalue weighted by Gasteiger charge is -2.12. The fourth-order valence-electron chi connectivity index (χ4n) is 9.13. The highest BCUT2D eigenvalue weighted by Gasteiger charge is 2.23. The second-order valence-corrected chi connectivity index (χ2v) is 15.9. The van der Waals surface area contributed by atoms with Crippen molar-refractivity contribution in [3.05, 3.63) is 206 Å². The Labute approximate surface area is 333 Å². The maximum atomic E-state index is 2.50. The predicted molar refractivity (Wildman–Crippen MR) is 244 cm³/mol. The van der Waals surface area contributed by atoms with Crippen LogP contribution in [0.3, 0.4) is 0 Å². The van der Waals surface area contributed by atoms with E-state index in [0.29, 0.717) is 0 Å². The summed E-state index contributed by atoms with van der Waals surface area (Å²) in [5, 5.41) is 7.64. The van der Waals surface area contributed by atoms with Crippen molar-refractivity contribution in [1.82, 2.24) is 9.13 Å². The highest BCUT2D eigenvalue weighted by Crippen LogP contribution is 2.48. The van der Waals surface area contributed by atoms with Gasteiger partial charge < -0.3 is 9.13 Å². The SMILES string of the molecule is c1ccc(-c2ccc(-n3c4ccccc4c4c(-c5ccc6c(c5)c5ccccc5n6-c5cccc(-c6ccccc6)c5)cc5c6ccccc6sc5c43)cc2)cc1. The normalized spacial score (nSPS) is 11.9. The summed E-state index contributed by atoms with van der Waals surface area (Å²) in [4.78, 5) is 0. The van der Waals surface area contributed by atoms with Gasteiger partial charge in [0.1, 0.15) is 0 Å². The summed E-state index contributed by atoms with van der Waals surface area (Å²) in [6.45, 7) is 0. The molecule has 12 rings (SSSR count). The van der Waals surface area contributed by atoms with E-state index in [1.54, 1.807) is 0 Å². The molecule has 0 unspecified atom stereocenters. The van der Waals surface area contributed by atoms with Gasteiger partial charge >= 0.3 is 0 Å². The van der Waals surface area contributed by atoms with E-state index in [-0.39, 0.29) is 0 Å². The lowest BCUT2D eigenvalue weighted by Crippen LogP contribution is -1.95. The van der Waals surface area contributed by atoms with Gasteiger partial charge in [-0.05, 0) is 94.0 Å². The van der Waals surface area contributed by atoms with E-state index in [9.17, 15) is 0 Å². The Bertz CT molecular complexity index is 3490. The van der Waals surface area contributed by atoms with Crippen molar-refractivity contribution in [3.63, 3.8) is 0 Å². The van der Waals surface area contributed by atoms with E-state index < -0.39 is 0 Å². The molecule has 12 aromatic rings. The molecule has 0 amide bonds. The summed E-state index contributed by atoms with van der Waals surface area (Å²) >= 11 is 1.90. The number of para-hydroxylation sites is 2. The van der Waals surface area contributed by atoms with Gasteiger partial charge in [-0.25, -0.2) is 0 Å². The van der Waals surface area contributed by atoms with Gasteiger partial charge in [0.25, 0.3) is 0 Å². The summed E-state index contributed by atoms with van der Waals surface area (Å²) in [5.41, 5.74) is 14.5. The van der Waals surface area contributed by atoms with Gasteiger partial charge in [-0.3, -0.25) is 0 Å². The van der Waals surface area contributed by atoms with Gasteiger partial charge in [0.2, 0.25) is 0 Å². The van der Waals surface area contributed by atoms with E-state index in [1.807, 2.05) is 11.3 Å². The first-order valence-electron chi connectivity index (χ1n) is 19.5. The highest BCUT2D eigenvalue weighted by atomic mass is 32.1. The van der Waals surface area contributed by atoms with E-state index in [2.05, 4.69) is 215 Å². The van der Waals surface area contributed by atoms with Crippen molar-refractivity contribution in [1.29, 1.82) is 0 Å². The molecule has 0 aliphatic carbocycles. The van der Waals surface area contributed by atoms with Gasteiger partial charge in [0.05, 0.1) is 26.8 Å². The lowest BCUT2D eigenvalue weighted by molar-refractivity contribution is 1.18. The van der Waals surface area contributed by atoms with Crippen LogP contribution >= 0.6 is 11.3 Å². The van der Waals surface area contributed by atoms with Crippen LogP contribution in [0.4, 0.5) is 0 Å².